The first kappa shape index (κ1) is 18.9. The Morgan fingerprint density at radius 1 is 1.07 bits per heavy atom. The van der Waals surface area contributed by atoms with Gasteiger partial charge >= 0.3 is 11.9 Å². The van der Waals surface area contributed by atoms with Crippen LogP contribution in [0.5, 0.6) is 0 Å². The molecule has 0 unspecified atom stereocenters. The SMILES string of the molecule is CC(=CCNCC(=O)O)CC(=O)OCC1c2ccccc2-c2ccccc21. The minimum atomic E-state index is -0.905. The van der Waals surface area contributed by atoms with Gasteiger partial charge in [-0.3, -0.25) is 9.59 Å². The molecule has 0 bridgehead atoms. The molecule has 0 saturated heterocycles. The fourth-order valence-corrected chi connectivity index (χ4v) is 3.39. The minimum absolute atomic E-state index is 0.0582. The Kier molecular flexibility index (Phi) is 6.04. The number of hydrogen-bond donors (Lipinski definition) is 2. The zero-order chi connectivity index (χ0) is 19.2. The van der Waals surface area contributed by atoms with Crippen LogP contribution in [0.25, 0.3) is 11.1 Å². The summed E-state index contributed by atoms with van der Waals surface area (Å²) in [5.41, 5.74) is 5.64. The number of hydrogen-bond acceptors (Lipinski definition) is 4. The fourth-order valence-electron chi connectivity index (χ4n) is 3.39. The quantitative estimate of drug-likeness (QED) is 0.426. The summed E-state index contributed by atoms with van der Waals surface area (Å²) in [7, 11) is 0. The Labute approximate surface area is 158 Å². The van der Waals surface area contributed by atoms with Crippen molar-refractivity contribution in [1.82, 2.24) is 5.32 Å². The van der Waals surface area contributed by atoms with Gasteiger partial charge in [0.15, 0.2) is 0 Å². The van der Waals surface area contributed by atoms with E-state index in [2.05, 4.69) is 29.6 Å². The molecule has 0 radical (unpaired) electrons. The molecule has 0 atom stereocenters. The maximum absolute atomic E-state index is 12.2. The summed E-state index contributed by atoms with van der Waals surface area (Å²) >= 11 is 0. The molecule has 1 aliphatic rings. The van der Waals surface area contributed by atoms with E-state index in [0.717, 1.165) is 5.57 Å². The Bertz CT molecular complexity index is 827. The number of nitrogens with one attached hydrogen (secondary N) is 1. The molecule has 5 heteroatoms. The average Bonchev–Trinajstić information content (AvgIpc) is 2.97. The van der Waals surface area contributed by atoms with Crippen LogP contribution in [0.15, 0.2) is 60.2 Å². The fraction of sp³-hybridized carbons (Fsp3) is 0.273. The second-order valence-electron chi connectivity index (χ2n) is 6.66. The zero-order valence-electron chi connectivity index (χ0n) is 15.3. The summed E-state index contributed by atoms with van der Waals surface area (Å²) in [5, 5.41) is 11.3. The normalized spacial score (nSPS) is 13.1. The average molecular weight is 365 g/mol. The number of esters is 1. The monoisotopic (exact) mass is 365 g/mol. The summed E-state index contributed by atoms with van der Waals surface area (Å²) in [6.45, 7) is 2.46. The number of aliphatic carboxylic acids is 1. The number of carbonyl (C=O) groups is 2. The highest BCUT2D eigenvalue weighted by molar-refractivity contribution is 5.79. The molecule has 140 valence electrons. The van der Waals surface area contributed by atoms with Crippen molar-refractivity contribution in [1.29, 1.82) is 0 Å². The van der Waals surface area contributed by atoms with Gasteiger partial charge in [-0.25, -0.2) is 0 Å². The third-order valence-corrected chi connectivity index (χ3v) is 4.67. The van der Waals surface area contributed by atoms with Gasteiger partial charge in [0.05, 0.1) is 13.0 Å². The summed E-state index contributed by atoms with van der Waals surface area (Å²) < 4.78 is 5.56. The number of ether oxygens (including phenoxy) is 1. The second-order valence-corrected chi connectivity index (χ2v) is 6.66. The van der Waals surface area contributed by atoms with Crippen molar-refractivity contribution >= 4 is 11.9 Å². The van der Waals surface area contributed by atoms with E-state index < -0.39 is 5.97 Å². The third-order valence-electron chi connectivity index (χ3n) is 4.67. The van der Waals surface area contributed by atoms with E-state index >= 15 is 0 Å². The molecule has 0 spiro atoms. The van der Waals surface area contributed by atoms with Crippen LogP contribution in [0.1, 0.15) is 30.4 Å². The van der Waals surface area contributed by atoms with Gasteiger partial charge in [-0.1, -0.05) is 60.2 Å². The van der Waals surface area contributed by atoms with Crippen molar-refractivity contribution in [3.8, 4) is 11.1 Å². The van der Waals surface area contributed by atoms with Crippen molar-refractivity contribution in [3.63, 3.8) is 0 Å². The lowest BCUT2D eigenvalue weighted by Crippen LogP contribution is -2.22. The molecule has 27 heavy (non-hydrogen) atoms. The van der Waals surface area contributed by atoms with Crippen LogP contribution in [0.3, 0.4) is 0 Å². The van der Waals surface area contributed by atoms with Gasteiger partial charge in [0.25, 0.3) is 0 Å². The Hall–Kier alpha value is -2.92. The predicted molar refractivity (Wildman–Crippen MR) is 104 cm³/mol. The van der Waals surface area contributed by atoms with Crippen molar-refractivity contribution < 1.29 is 19.4 Å². The van der Waals surface area contributed by atoms with Crippen molar-refractivity contribution in [2.45, 2.75) is 19.3 Å². The smallest absolute Gasteiger partial charge is 0.317 e. The molecular formula is C22H23NO4. The summed E-state index contributed by atoms with van der Waals surface area (Å²) in [6.07, 6.45) is 2.01. The first-order valence-electron chi connectivity index (χ1n) is 8.98. The van der Waals surface area contributed by atoms with Gasteiger partial charge in [0.1, 0.15) is 6.61 Å². The standard InChI is InChI=1S/C22H23NO4/c1-15(10-11-23-13-21(24)25)12-22(26)27-14-20-18-8-4-2-6-16(18)17-7-3-5-9-19(17)20/h2-10,20,23H,11-14H2,1H3,(H,24,25). The number of carboxylic acids is 1. The number of fused-ring (bicyclic) bond motifs is 3. The van der Waals surface area contributed by atoms with Crippen molar-refractivity contribution in [3.05, 3.63) is 71.3 Å². The molecule has 1 aliphatic carbocycles. The van der Waals surface area contributed by atoms with Crippen molar-refractivity contribution in [2.24, 2.45) is 0 Å². The van der Waals surface area contributed by atoms with Gasteiger partial charge in [0, 0.05) is 12.5 Å². The van der Waals surface area contributed by atoms with Gasteiger partial charge in [0.2, 0.25) is 0 Å². The van der Waals surface area contributed by atoms with E-state index in [1.165, 1.54) is 22.3 Å². The zero-order valence-corrected chi connectivity index (χ0v) is 15.3. The predicted octanol–water partition coefficient (Wildman–Crippen LogP) is 3.35. The minimum Gasteiger partial charge on any atom is -0.480 e. The summed E-state index contributed by atoms with van der Waals surface area (Å²) in [4.78, 5) is 22.6. The van der Waals surface area contributed by atoms with Crippen LogP contribution in [-0.4, -0.2) is 36.7 Å². The third kappa shape index (κ3) is 4.63. The first-order chi connectivity index (χ1) is 13.1. The second kappa shape index (κ2) is 8.64. The van der Waals surface area contributed by atoms with Crippen LogP contribution in [-0.2, 0) is 14.3 Å². The van der Waals surface area contributed by atoms with E-state index in [-0.39, 0.29) is 24.9 Å². The van der Waals surface area contributed by atoms with E-state index in [0.29, 0.717) is 13.2 Å². The first-order valence-corrected chi connectivity index (χ1v) is 8.98. The Morgan fingerprint density at radius 3 is 2.26 bits per heavy atom. The van der Waals surface area contributed by atoms with Crippen LogP contribution >= 0.6 is 0 Å². The number of rotatable bonds is 8. The molecule has 0 amide bonds. The van der Waals surface area contributed by atoms with Crippen LogP contribution in [0, 0.1) is 0 Å². The lowest BCUT2D eigenvalue weighted by Gasteiger charge is -2.14. The largest absolute Gasteiger partial charge is 0.480 e. The van der Waals surface area contributed by atoms with Crippen molar-refractivity contribution in [2.75, 3.05) is 19.7 Å². The highest BCUT2D eigenvalue weighted by Crippen LogP contribution is 2.44. The highest BCUT2D eigenvalue weighted by atomic mass is 16.5. The topological polar surface area (TPSA) is 75.6 Å². The molecule has 0 aromatic heterocycles. The molecule has 5 nitrogen and oxygen atoms in total. The van der Waals surface area contributed by atoms with Gasteiger partial charge < -0.3 is 15.2 Å². The van der Waals surface area contributed by atoms with E-state index in [4.69, 9.17) is 9.84 Å². The molecule has 3 rings (SSSR count). The molecule has 2 aromatic carbocycles. The molecule has 0 aliphatic heterocycles. The van der Waals surface area contributed by atoms with Crippen LogP contribution in [0.4, 0.5) is 0 Å². The maximum Gasteiger partial charge on any atom is 0.317 e. The molecule has 0 fully saturated rings. The van der Waals surface area contributed by atoms with Crippen LogP contribution in [0.2, 0.25) is 0 Å². The van der Waals surface area contributed by atoms with E-state index in [1.54, 1.807) is 0 Å². The Morgan fingerprint density at radius 2 is 1.67 bits per heavy atom. The lowest BCUT2D eigenvalue weighted by atomic mass is 9.98. The molecule has 0 saturated carbocycles. The van der Waals surface area contributed by atoms with Gasteiger partial charge in [-0.15, -0.1) is 0 Å². The van der Waals surface area contributed by atoms with Gasteiger partial charge in [-0.2, -0.15) is 0 Å². The Balaban J connectivity index is 1.58. The molecule has 2 N–H and O–H groups in total. The lowest BCUT2D eigenvalue weighted by molar-refractivity contribution is -0.143. The summed E-state index contributed by atoms with van der Waals surface area (Å²) in [5.74, 6) is -1.12. The van der Waals surface area contributed by atoms with Gasteiger partial charge in [-0.05, 0) is 29.2 Å². The van der Waals surface area contributed by atoms with E-state index in [9.17, 15) is 9.59 Å². The molecule has 2 aromatic rings. The number of carboxylic acid groups (broad SMARTS) is 1. The highest BCUT2D eigenvalue weighted by Gasteiger charge is 2.28. The number of benzene rings is 2. The number of carbonyl (C=O) groups excluding carboxylic acids is 1. The van der Waals surface area contributed by atoms with Crippen LogP contribution < -0.4 is 5.32 Å². The molecule has 0 heterocycles. The summed E-state index contributed by atoms with van der Waals surface area (Å²) in [6, 6.07) is 16.5. The van der Waals surface area contributed by atoms with E-state index in [1.807, 2.05) is 37.3 Å². The molecular weight excluding hydrogens is 342 g/mol. The maximum atomic E-state index is 12.2.